The number of hydrogen-bond acceptors (Lipinski definition) is 1. The van der Waals surface area contributed by atoms with Gasteiger partial charge in [-0.05, 0) is 24.6 Å². The van der Waals surface area contributed by atoms with E-state index in [1.54, 1.807) is 0 Å². The van der Waals surface area contributed by atoms with Gasteiger partial charge in [0, 0.05) is 4.47 Å². The first-order valence-corrected chi connectivity index (χ1v) is 4.75. The van der Waals surface area contributed by atoms with Crippen molar-refractivity contribution in [1.82, 2.24) is 0 Å². The Morgan fingerprint density at radius 2 is 2.08 bits per heavy atom. The van der Waals surface area contributed by atoms with Crippen molar-refractivity contribution >= 4 is 22.0 Å². The fourth-order valence-corrected chi connectivity index (χ4v) is 1.33. The Hall–Kier alpha value is -0.600. The maximum absolute atomic E-state index is 5.37. The van der Waals surface area contributed by atoms with Crippen LogP contribution in [0.2, 0.25) is 0 Å². The van der Waals surface area contributed by atoms with Crippen LogP contribution in [0.3, 0.4) is 0 Å². The second kappa shape index (κ2) is 5.12. The number of rotatable bonds is 3. The number of benzene rings is 1. The number of halogens is 1. The van der Waals surface area contributed by atoms with E-state index in [-0.39, 0.29) is 0 Å². The van der Waals surface area contributed by atoms with Crippen molar-refractivity contribution in [2.75, 3.05) is 6.54 Å². The molecule has 12 heavy (non-hydrogen) atoms. The molecule has 0 aliphatic heterocycles. The minimum atomic E-state index is 0.709. The van der Waals surface area contributed by atoms with Gasteiger partial charge in [-0.2, -0.15) is 0 Å². The molecule has 0 amide bonds. The minimum absolute atomic E-state index is 0.709. The fraction of sp³-hybridized carbons (Fsp3) is 0.200. The van der Waals surface area contributed by atoms with Crippen LogP contribution in [0.25, 0.3) is 6.08 Å². The third-order valence-corrected chi connectivity index (χ3v) is 2.26. The van der Waals surface area contributed by atoms with Gasteiger partial charge >= 0.3 is 0 Å². The summed E-state index contributed by atoms with van der Waals surface area (Å²) in [4.78, 5) is 0. The largest absolute Gasteiger partial charge is 0.330 e. The van der Waals surface area contributed by atoms with E-state index in [2.05, 4.69) is 34.1 Å². The lowest BCUT2D eigenvalue weighted by molar-refractivity contribution is 1.01. The number of hydrogen-bond donors (Lipinski definition) is 1. The van der Waals surface area contributed by atoms with Crippen molar-refractivity contribution in [1.29, 1.82) is 0 Å². The molecule has 0 aliphatic carbocycles. The molecule has 1 rings (SSSR count). The third-order valence-electron chi connectivity index (χ3n) is 1.54. The molecule has 1 nitrogen and oxygen atoms in total. The molecule has 0 aliphatic rings. The summed E-state index contributed by atoms with van der Waals surface area (Å²) in [6, 6.07) is 8.12. The van der Waals surface area contributed by atoms with E-state index < -0.39 is 0 Å². The predicted octanol–water partition coefficient (Wildman–Crippen LogP) is 2.81. The molecule has 1 aromatic carbocycles. The fourth-order valence-electron chi connectivity index (χ4n) is 0.917. The molecule has 64 valence electrons. The summed E-state index contributed by atoms with van der Waals surface area (Å²) < 4.78 is 1.12. The summed E-state index contributed by atoms with van der Waals surface area (Å²) in [6.07, 6.45) is 5.10. The summed E-state index contributed by atoms with van der Waals surface area (Å²) in [7, 11) is 0. The Labute approximate surface area is 81.4 Å². The summed E-state index contributed by atoms with van der Waals surface area (Å²) in [5.74, 6) is 0. The lowest BCUT2D eigenvalue weighted by atomic mass is 10.2. The van der Waals surface area contributed by atoms with E-state index in [9.17, 15) is 0 Å². The molecule has 1 aromatic rings. The summed E-state index contributed by atoms with van der Waals surface area (Å²) in [6.45, 7) is 0.709. The molecule has 0 heterocycles. The van der Waals surface area contributed by atoms with Crippen molar-refractivity contribution in [3.63, 3.8) is 0 Å². The zero-order chi connectivity index (χ0) is 8.81. The third kappa shape index (κ3) is 2.80. The average Bonchev–Trinajstić information content (AvgIpc) is 2.09. The molecule has 2 N–H and O–H groups in total. The minimum Gasteiger partial charge on any atom is -0.330 e. The molecule has 0 saturated heterocycles. The molecule has 0 aromatic heterocycles. The van der Waals surface area contributed by atoms with Crippen LogP contribution in [0, 0.1) is 0 Å². The summed E-state index contributed by atoms with van der Waals surface area (Å²) in [5, 5.41) is 0. The van der Waals surface area contributed by atoms with Gasteiger partial charge in [0.05, 0.1) is 0 Å². The summed E-state index contributed by atoms with van der Waals surface area (Å²) >= 11 is 3.47. The van der Waals surface area contributed by atoms with Gasteiger partial charge in [0.25, 0.3) is 0 Å². The van der Waals surface area contributed by atoms with Gasteiger partial charge < -0.3 is 5.73 Å². The molecular formula is C10H12BrN. The van der Waals surface area contributed by atoms with Gasteiger partial charge in [-0.25, -0.2) is 0 Å². The normalized spacial score (nSPS) is 10.8. The van der Waals surface area contributed by atoms with Crippen LogP contribution in [-0.2, 0) is 0 Å². The SMILES string of the molecule is NCCC=Cc1ccccc1Br. The Morgan fingerprint density at radius 3 is 2.75 bits per heavy atom. The first-order chi connectivity index (χ1) is 5.84. The Bertz CT molecular complexity index is 268. The standard InChI is InChI=1S/C10H12BrN/c11-10-7-2-1-5-9(10)6-3-4-8-12/h1-3,5-7H,4,8,12H2. The van der Waals surface area contributed by atoms with Gasteiger partial charge in [-0.3, -0.25) is 0 Å². The molecule has 0 radical (unpaired) electrons. The first kappa shape index (κ1) is 9.49. The highest BCUT2D eigenvalue weighted by molar-refractivity contribution is 9.10. The lowest BCUT2D eigenvalue weighted by Gasteiger charge is -1.95. The molecule has 0 atom stereocenters. The van der Waals surface area contributed by atoms with Crippen LogP contribution >= 0.6 is 15.9 Å². The van der Waals surface area contributed by atoms with Crippen LogP contribution in [0.4, 0.5) is 0 Å². The number of nitrogens with two attached hydrogens (primary N) is 1. The van der Waals surface area contributed by atoms with Crippen LogP contribution in [0.1, 0.15) is 12.0 Å². The van der Waals surface area contributed by atoms with Crippen molar-refractivity contribution in [2.24, 2.45) is 5.73 Å². The topological polar surface area (TPSA) is 26.0 Å². The first-order valence-electron chi connectivity index (χ1n) is 3.95. The van der Waals surface area contributed by atoms with Crippen LogP contribution < -0.4 is 5.73 Å². The monoisotopic (exact) mass is 225 g/mol. The van der Waals surface area contributed by atoms with Crippen molar-refractivity contribution in [3.05, 3.63) is 40.4 Å². The molecule has 0 spiro atoms. The molecular weight excluding hydrogens is 214 g/mol. The van der Waals surface area contributed by atoms with Crippen LogP contribution in [0.5, 0.6) is 0 Å². The Morgan fingerprint density at radius 1 is 1.33 bits per heavy atom. The second-order valence-electron chi connectivity index (χ2n) is 2.50. The maximum atomic E-state index is 5.37. The van der Waals surface area contributed by atoms with Crippen LogP contribution in [0.15, 0.2) is 34.8 Å². The molecule has 0 bridgehead atoms. The van der Waals surface area contributed by atoms with Gasteiger partial charge in [0.15, 0.2) is 0 Å². The van der Waals surface area contributed by atoms with E-state index in [4.69, 9.17) is 5.73 Å². The second-order valence-corrected chi connectivity index (χ2v) is 3.36. The molecule has 2 heteroatoms. The molecule has 0 unspecified atom stereocenters. The van der Waals surface area contributed by atoms with E-state index in [1.165, 1.54) is 5.56 Å². The van der Waals surface area contributed by atoms with Gasteiger partial charge in [0.1, 0.15) is 0 Å². The van der Waals surface area contributed by atoms with Crippen molar-refractivity contribution < 1.29 is 0 Å². The Balaban J connectivity index is 2.68. The lowest BCUT2D eigenvalue weighted by Crippen LogP contribution is -1.94. The van der Waals surface area contributed by atoms with E-state index in [1.807, 2.05) is 18.2 Å². The zero-order valence-electron chi connectivity index (χ0n) is 6.83. The van der Waals surface area contributed by atoms with E-state index >= 15 is 0 Å². The van der Waals surface area contributed by atoms with Gasteiger partial charge in [-0.15, -0.1) is 0 Å². The highest BCUT2D eigenvalue weighted by Gasteiger charge is 1.90. The maximum Gasteiger partial charge on any atom is 0.0247 e. The Kier molecular flexibility index (Phi) is 4.05. The molecule has 0 saturated carbocycles. The van der Waals surface area contributed by atoms with Crippen molar-refractivity contribution in [2.45, 2.75) is 6.42 Å². The van der Waals surface area contributed by atoms with Crippen LogP contribution in [-0.4, -0.2) is 6.54 Å². The highest BCUT2D eigenvalue weighted by Crippen LogP contribution is 2.17. The zero-order valence-corrected chi connectivity index (χ0v) is 8.42. The quantitative estimate of drug-likeness (QED) is 0.842. The summed E-state index contributed by atoms with van der Waals surface area (Å²) in [5.41, 5.74) is 6.57. The van der Waals surface area contributed by atoms with Crippen molar-refractivity contribution in [3.8, 4) is 0 Å². The molecule has 0 fully saturated rings. The van der Waals surface area contributed by atoms with E-state index in [0.29, 0.717) is 6.54 Å². The predicted molar refractivity (Wildman–Crippen MR) is 56.8 cm³/mol. The van der Waals surface area contributed by atoms with E-state index in [0.717, 1.165) is 10.9 Å². The average molecular weight is 226 g/mol. The highest BCUT2D eigenvalue weighted by atomic mass is 79.9. The smallest absolute Gasteiger partial charge is 0.0247 e. The van der Waals surface area contributed by atoms with Gasteiger partial charge in [0.2, 0.25) is 0 Å². The van der Waals surface area contributed by atoms with Gasteiger partial charge in [-0.1, -0.05) is 46.3 Å².